The van der Waals surface area contributed by atoms with Gasteiger partial charge in [-0.1, -0.05) is 17.7 Å². The Morgan fingerprint density at radius 2 is 2.21 bits per heavy atom. The van der Waals surface area contributed by atoms with Crippen LogP contribution >= 0.6 is 11.8 Å². The van der Waals surface area contributed by atoms with Gasteiger partial charge in [0.15, 0.2) is 0 Å². The van der Waals surface area contributed by atoms with Gasteiger partial charge in [-0.05, 0) is 50.9 Å². The van der Waals surface area contributed by atoms with E-state index in [9.17, 15) is 4.79 Å². The molecular weight excluding hydrogens is 256 g/mol. The van der Waals surface area contributed by atoms with E-state index in [4.69, 9.17) is 0 Å². The van der Waals surface area contributed by atoms with Crippen molar-refractivity contribution in [1.29, 1.82) is 0 Å². The minimum Gasteiger partial charge on any atom is -0.355 e. The molecule has 3 nitrogen and oxygen atoms in total. The van der Waals surface area contributed by atoms with E-state index in [0.717, 1.165) is 36.9 Å². The first kappa shape index (κ1) is 14.4. The molecule has 1 unspecified atom stereocenters. The van der Waals surface area contributed by atoms with Crippen LogP contribution in [0.4, 0.5) is 0 Å². The molecule has 0 spiro atoms. The monoisotopic (exact) mass is 278 g/mol. The van der Waals surface area contributed by atoms with Crippen LogP contribution in [0.3, 0.4) is 0 Å². The Morgan fingerprint density at radius 1 is 1.42 bits per heavy atom. The van der Waals surface area contributed by atoms with Crippen LogP contribution in [0.1, 0.15) is 18.4 Å². The summed E-state index contributed by atoms with van der Waals surface area (Å²) >= 11 is 1.60. The molecule has 1 amide bonds. The van der Waals surface area contributed by atoms with Crippen molar-refractivity contribution in [3.8, 4) is 0 Å². The third-order valence-electron chi connectivity index (χ3n) is 3.43. The van der Waals surface area contributed by atoms with Crippen molar-refractivity contribution < 1.29 is 4.79 Å². The molecule has 1 aromatic rings. The lowest BCUT2D eigenvalue weighted by molar-refractivity contribution is -0.118. The van der Waals surface area contributed by atoms with Gasteiger partial charge in [0, 0.05) is 11.4 Å². The number of thioether (sulfide) groups is 1. The highest BCUT2D eigenvalue weighted by Gasteiger charge is 2.13. The van der Waals surface area contributed by atoms with Crippen LogP contribution in [-0.4, -0.2) is 31.3 Å². The SMILES string of the molecule is Cc1ccc(SCC(=O)NCCC2CCNC2)cc1. The van der Waals surface area contributed by atoms with E-state index in [0.29, 0.717) is 5.75 Å². The highest BCUT2D eigenvalue weighted by atomic mass is 32.2. The van der Waals surface area contributed by atoms with Gasteiger partial charge in [-0.3, -0.25) is 4.79 Å². The zero-order valence-electron chi connectivity index (χ0n) is 11.4. The summed E-state index contributed by atoms with van der Waals surface area (Å²) < 4.78 is 0. The topological polar surface area (TPSA) is 41.1 Å². The predicted octanol–water partition coefficient (Wildman–Crippen LogP) is 2.20. The number of nitrogens with one attached hydrogen (secondary N) is 2. The van der Waals surface area contributed by atoms with Gasteiger partial charge in [0.2, 0.25) is 5.91 Å². The van der Waals surface area contributed by atoms with Crippen molar-refractivity contribution in [1.82, 2.24) is 10.6 Å². The Morgan fingerprint density at radius 3 is 2.89 bits per heavy atom. The zero-order valence-corrected chi connectivity index (χ0v) is 12.3. The number of hydrogen-bond donors (Lipinski definition) is 2. The van der Waals surface area contributed by atoms with Gasteiger partial charge < -0.3 is 10.6 Å². The summed E-state index contributed by atoms with van der Waals surface area (Å²) in [6.45, 7) is 5.11. The molecule has 1 atom stereocenters. The molecule has 1 aliphatic rings. The first-order valence-corrected chi connectivity index (χ1v) is 7.89. The van der Waals surface area contributed by atoms with Crippen LogP contribution in [-0.2, 0) is 4.79 Å². The molecule has 0 radical (unpaired) electrons. The third kappa shape index (κ3) is 5.25. The molecule has 0 aromatic heterocycles. The maximum absolute atomic E-state index is 11.7. The van der Waals surface area contributed by atoms with Gasteiger partial charge in [0.05, 0.1) is 5.75 Å². The molecule has 1 saturated heterocycles. The molecule has 0 aliphatic carbocycles. The van der Waals surface area contributed by atoms with Crippen LogP contribution in [0, 0.1) is 12.8 Å². The van der Waals surface area contributed by atoms with Gasteiger partial charge in [-0.25, -0.2) is 0 Å². The predicted molar refractivity (Wildman–Crippen MR) is 80.5 cm³/mol. The maximum atomic E-state index is 11.7. The lowest BCUT2D eigenvalue weighted by Gasteiger charge is -2.09. The number of rotatable bonds is 6. The van der Waals surface area contributed by atoms with Crippen LogP contribution < -0.4 is 10.6 Å². The second kappa shape index (κ2) is 7.56. The summed E-state index contributed by atoms with van der Waals surface area (Å²) in [5.74, 6) is 1.38. The van der Waals surface area contributed by atoms with E-state index >= 15 is 0 Å². The van der Waals surface area contributed by atoms with Gasteiger partial charge in [0.1, 0.15) is 0 Å². The van der Waals surface area contributed by atoms with Gasteiger partial charge in [-0.2, -0.15) is 0 Å². The fourth-order valence-electron chi connectivity index (χ4n) is 2.21. The van der Waals surface area contributed by atoms with E-state index in [-0.39, 0.29) is 5.91 Å². The molecule has 1 heterocycles. The number of aryl methyl sites for hydroxylation is 1. The molecule has 0 bridgehead atoms. The van der Waals surface area contributed by atoms with Crippen molar-refractivity contribution in [3.05, 3.63) is 29.8 Å². The fourth-order valence-corrected chi connectivity index (χ4v) is 2.94. The maximum Gasteiger partial charge on any atom is 0.230 e. The van der Waals surface area contributed by atoms with Crippen molar-refractivity contribution in [3.63, 3.8) is 0 Å². The second-order valence-corrected chi connectivity index (χ2v) is 6.15. The molecule has 1 aliphatic heterocycles. The Kier molecular flexibility index (Phi) is 5.73. The molecule has 1 fully saturated rings. The average molecular weight is 278 g/mol. The molecule has 4 heteroatoms. The quantitative estimate of drug-likeness (QED) is 0.784. The highest BCUT2D eigenvalue weighted by Crippen LogP contribution is 2.17. The van der Waals surface area contributed by atoms with E-state index < -0.39 is 0 Å². The minimum atomic E-state index is 0.136. The Balaban J connectivity index is 1.60. The van der Waals surface area contributed by atoms with Crippen LogP contribution in [0.5, 0.6) is 0 Å². The molecule has 2 N–H and O–H groups in total. The minimum absolute atomic E-state index is 0.136. The molecular formula is C15H22N2OS. The van der Waals surface area contributed by atoms with Crippen LogP contribution in [0.2, 0.25) is 0 Å². The number of benzene rings is 1. The van der Waals surface area contributed by atoms with Crippen molar-refractivity contribution in [2.75, 3.05) is 25.4 Å². The molecule has 0 saturated carbocycles. The van der Waals surface area contributed by atoms with Crippen molar-refractivity contribution in [2.45, 2.75) is 24.7 Å². The summed E-state index contributed by atoms with van der Waals surface area (Å²) in [6.07, 6.45) is 2.34. The Labute approximate surface area is 119 Å². The van der Waals surface area contributed by atoms with Crippen LogP contribution in [0.25, 0.3) is 0 Å². The fraction of sp³-hybridized carbons (Fsp3) is 0.533. The number of hydrogen-bond acceptors (Lipinski definition) is 3. The zero-order chi connectivity index (χ0) is 13.5. The second-order valence-electron chi connectivity index (χ2n) is 5.10. The average Bonchev–Trinajstić information content (AvgIpc) is 2.91. The normalized spacial score (nSPS) is 18.5. The molecule has 2 rings (SSSR count). The number of amides is 1. The van der Waals surface area contributed by atoms with Gasteiger partial charge >= 0.3 is 0 Å². The van der Waals surface area contributed by atoms with Crippen molar-refractivity contribution >= 4 is 17.7 Å². The lowest BCUT2D eigenvalue weighted by Crippen LogP contribution is -2.27. The van der Waals surface area contributed by atoms with Crippen LogP contribution in [0.15, 0.2) is 29.2 Å². The first-order valence-electron chi connectivity index (χ1n) is 6.91. The summed E-state index contributed by atoms with van der Waals surface area (Å²) in [4.78, 5) is 12.9. The lowest BCUT2D eigenvalue weighted by atomic mass is 10.1. The number of carbonyl (C=O) groups excluding carboxylic acids is 1. The Bertz CT molecular complexity index is 399. The molecule has 19 heavy (non-hydrogen) atoms. The highest BCUT2D eigenvalue weighted by molar-refractivity contribution is 8.00. The summed E-state index contributed by atoms with van der Waals surface area (Å²) in [5, 5.41) is 6.35. The van der Waals surface area contributed by atoms with Crippen molar-refractivity contribution in [2.24, 2.45) is 5.92 Å². The first-order chi connectivity index (χ1) is 9.24. The van der Waals surface area contributed by atoms with Gasteiger partial charge in [-0.15, -0.1) is 11.8 Å². The van der Waals surface area contributed by atoms with E-state index in [1.54, 1.807) is 11.8 Å². The summed E-state index contributed by atoms with van der Waals surface area (Å²) in [5.41, 5.74) is 1.25. The summed E-state index contributed by atoms with van der Waals surface area (Å²) in [6, 6.07) is 8.29. The largest absolute Gasteiger partial charge is 0.355 e. The smallest absolute Gasteiger partial charge is 0.230 e. The number of carbonyl (C=O) groups is 1. The van der Waals surface area contributed by atoms with E-state index in [2.05, 4.69) is 41.8 Å². The molecule has 1 aromatic carbocycles. The third-order valence-corrected chi connectivity index (χ3v) is 4.44. The van der Waals surface area contributed by atoms with E-state index in [1.807, 2.05) is 0 Å². The van der Waals surface area contributed by atoms with Gasteiger partial charge in [0.25, 0.3) is 0 Å². The summed E-state index contributed by atoms with van der Waals surface area (Å²) in [7, 11) is 0. The van der Waals surface area contributed by atoms with E-state index in [1.165, 1.54) is 12.0 Å². The standard InChI is InChI=1S/C15H22N2OS/c1-12-2-4-14(5-3-12)19-11-15(18)17-9-7-13-6-8-16-10-13/h2-5,13,16H,6-11H2,1H3,(H,17,18). The Hall–Kier alpha value is -1.00. The molecule has 104 valence electrons.